The minimum atomic E-state index is -0.308. The molecule has 0 aromatic heterocycles. The Morgan fingerprint density at radius 1 is 0.900 bits per heavy atom. The number of carbonyl (C=O) groups is 1. The first-order chi connectivity index (χ1) is 14.6. The smallest absolute Gasteiger partial charge is 0.226 e. The number of hydrogen-bond donors (Lipinski definition) is 0. The molecule has 0 spiro atoms. The van der Waals surface area contributed by atoms with E-state index in [4.69, 9.17) is 4.74 Å². The zero-order chi connectivity index (χ0) is 20.9. The standard InChI is InChI=1S/C24H28F2N2O2/c25-19-7-5-18(6-8-19)17-24(29)28-13-9-20(10-14-28)27-15-11-21(12-16-27)30-23-4-2-1-3-22(23)26/h1-8,20-21H,9-17H2. The second-order valence-electron chi connectivity index (χ2n) is 8.20. The van der Waals surface area contributed by atoms with E-state index in [1.165, 1.54) is 18.2 Å². The van der Waals surface area contributed by atoms with Crippen LogP contribution in [0, 0.1) is 11.6 Å². The molecule has 0 saturated carbocycles. The molecule has 4 rings (SSSR count). The van der Waals surface area contributed by atoms with Crippen LogP contribution in [0.2, 0.25) is 0 Å². The second-order valence-corrected chi connectivity index (χ2v) is 8.20. The summed E-state index contributed by atoms with van der Waals surface area (Å²) in [5.74, 6) is -0.145. The minimum Gasteiger partial charge on any atom is -0.487 e. The fraction of sp³-hybridized carbons (Fsp3) is 0.458. The lowest BCUT2D eigenvalue weighted by atomic mass is 9.98. The Hall–Kier alpha value is -2.47. The van der Waals surface area contributed by atoms with Gasteiger partial charge in [0.15, 0.2) is 11.6 Å². The lowest BCUT2D eigenvalue weighted by Gasteiger charge is -2.41. The van der Waals surface area contributed by atoms with Gasteiger partial charge in [-0.1, -0.05) is 24.3 Å². The zero-order valence-corrected chi connectivity index (χ0v) is 17.1. The number of nitrogens with zero attached hydrogens (tertiary/aromatic N) is 2. The second kappa shape index (κ2) is 9.56. The molecule has 0 aliphatic carbocycles. The Balaban J connectivity index is 1.21. The van der Waals surface area contributed by atoms with Gasteiger partial charge in [0, 0.05) is 32.2 Å². The summed E-state index contributed by atoms with van der Waals surface area (Å²) in [4.78, 5) is 17.0. The van der Waals surface area contributed by atoms with Crippen LogP contribution in [0.4, 0.5) is 8.78 Å². The van der Waals surface area contributed by atoms with Crippen LogP contribution in [0.25, 0.3) is 0 Å². The first kappa shape index (κ1) is 20.8. The van der Waals surface area contributed by atoms with Crippen molar-refractivity contribution in [1.29, 1.82) is 0 Å². The van der Waals surface area contributed by atoms with E-state index in [2.05, 4.69) is 4.90 Å². The number of halogens is 2. The summed E-state index contributed by atoms with van der Waals surface area (Å²) in [5, 5.41) is 0. The van der Waals surface area contributed by atoms with Crippen molar-refractivity contribution in [2.75, 3.05) is 26.2 Å². The van der Waals surface area contributed by atoms with Crippen LogP contribution in [-0.4, -0.2) is 54.0 Å². The number of amides is 1. The van der Waals surface area contributed by atoms with Gasteiger partial charge in [-0.05, 0) is 55.5 Å². The van der Waals surface area contributed by atoms with Gasteiger partial charge >= 0.3 is 0 Å². The summed E-state index contributed by atoms with van der Waals surface area (Å²) < 4.78 is 32.7. The first-order valence-corrected chi connectivity index (χ1v) is 10.8. The van der Waals surface area contributed by atoms with Gasteiger partial charge in [-0.25, -0.2) is 8.78 Å². The third-order valence-electron chi connectivity index (χ3n) is 6.21. The van der Waals surface area contributed by atoms with Crippen molar-refractivity contribution in [3.8, 4) is 5.75 Å². The van der Waals surface area contributed by atoms with Crippen LogP contribution in [-0.2, 0) is 11.2 Å². The number of rotatable bonds is 5. The van der Waals surface area contributed by atoms with Crippen LogP contribution in [0.1, 0.15) is 31.2 Å². The Morgan fingerprint density at radius 2 is 1.57 bits per heavy atom. The molecule has 2 fully saturated rings. The summed E-state index contributed by atoms with van der Waals surface area (Å²) in [7, 11) is 0. The normalized spacial score (nSPS) is 19.1. The lowest BCUT2D eigenvalue weighted by Crippen LogP contribution is -2.50. The van der Waals surface area contributed by atoms with Crippen molar-refractivity contribution in [1.82, 2.24) is 9.80 Å². The molecule has 30 heavy (non-hydrogen) atoms. The van der Waals surface area contributed by atoms with E-state index < -0.39 is 0 Å². The van der Waals surface area contributed by atoms with Crippen molar-refractivity contribution in [2.24, 2.45) is 0 Å². The highest BCUT2D eigenvalue weighted by Gasteiger charge is 2.30. The molecule has 2 aromatic rings. The fourth-order valence-corrected chi connectivity index (χ4v) is 4.45. The third kappa shape index (κ3) is 5.17. The van der Waals surface area contributed by atoms with E-state index in [1.54, 1.807) is 30.3 Å². The van der Waals surface area contributed by atoms with Crippen LogP contribution < -0.4 is 4.74 Å². The van der Waals surface area contributed by atoms with Crippen LogP contribution >= 0.6 is 0 Å². The van der Waals surface area contributed by atoms with E-state index in [1.807, 2.05) is 4.90 Å². The maximum absolute atomic E-state index is 13.8. The fourth-order valence-electron chi connectivity index (χ4n) is 4.45. The summed E-state index contributed by atoms with van der Waals surface area (Å²) in [5.41, 5.74) is 0.848. The van der Waals surface area contributed by atoms with E-state index >= 15 is 0 Å². The van der Waals surface area contributed by atoms with Gasteiger partial charge in [0.25, 0.3) is 0 Å². The largest absolute Gasteiger partial charge is 0.487 e. The van der Waals surface area contributed by atoms with Gasteiger partial charge in [-0.2, -0.15) is 0 Å². The molecule has 2 aliphatic heterocycles. The number of benzene rings is 2. The Labute approximate surface area is 176 Å². The van der Waals surface area contributed by atoms with Crippen LogP contribution in [0.5, 0.6) is 5.75 Å². The number of para-hydroxylation sites is 1. The monoisotopic (exact) mass is 414 g/mol. The molecule has 2 saturated heterocycles. The summed E-state index contributed by atoms with van der Waals surface area (Å²) >= 11 is 0. The molecule has 6 heteroatoms. The number of likely N-dealkylation sites (tertiary alicyclic amines) is 2. The van der Waals surface area contributed by atoms with Gasteiger partial charge in [-0.15, -0.1) is 0 Å². The molecule has 160 valence electrons. The Kier molecular flexibility index (Phi) is 6.62. The highest BCUT2D eigenvalue weighted by Crippen LogP contribution is 2.25. The molecule has 0 atom stereocenters. The lowest BCUT2D eigenvalue weighted by molar-refractivity contribution is -0.132. The van der Waals surface area contributed by atoms with E-state index in [0.717, 1.165) is 57.4 Å². The molecular weight excluding hydrogens is 386 g/mol. The predicted molar refractivity (Wildman–Crippen MR) is 111 cm³/mol. The van der Waals surface area contributed by atoms with Crippen molar-refractivity contribution in [3.05, 3.63) is 65.7 Å². The average Bonchev–Trinajstić information content (AvgIpc) is 2.77. The maximum Gasteiger partial charge on any atom is 0.226 e. The summed E-state index contributed by atoms with van der Waals surface area (Å²) in [6.07, 6.45) is 4.08. The molecule has 0 N–H and O–H groups in total. The number of carbonyl (C=O) groups excluding carboxylic acids is 1. The Bertz CT molecular complexity index is 843. The molecule has 4 nitrogen and oxygen atoms in total. The zero-order valence-electron chi connectivity index (χ0n) is 17.1. The maximum atomic E-state index is 13.8. The van der Waals surface area contributed by atoms with Gasteiger partial charge in [0.05, 0.1) is 6.42 Å². The van der Waals surface area contributed by atoms with Crippen molar-refractivity contribution >= 4 is 5.91 Å². The molecule has 0 unspecified atom stereocenters. The van der Waals surface area contributed by atoms with Crippen LogP contribution in [0.15, 0.2) is 48.5 Å². The molecule has 0 radical (unpaired) electrons. The molecule has 2 aliphatic rings. The molecule has 2 heterocycles. The average molecular weight is 414 g/mol. The highest BCUT2D eigenvalue weighted by molar-refractivity contribution is 5.78. The van der Waals surface area contributed by atoms with E-state index in [-0.39, 0.29) is 23.6 Å². The number of hydrogen-bond acceptors (Lipinski definition) is 3. The minimum absolute atomic E-state index is 0.0514. The predicted octanol–water partition coefficient (Wildman–Crippen LogP) is 4.04. The summed E-state index contributed by atoms with van der Waals surface area (Å²) in [6, 6.07) is 13.2. The Morgan fingerprint density at radius 3 is 2.23 bits per heavy atom. The molecule has 0 bridgehead atoms. The molecule has 2 aromatic carbocycles. The van der Waals surface area contributed by atoms with Gasteiger partial charge in [-0.3, -0.25) is 9.69 Å². The third-order valence-corrected chi connectivity index (χ3v) is 6.21. The van der Waals surface area contributed by atoms with Crippen molar-refractivity contribution in [2.45, 2.75) is 44.2 Å². The van der Waals surface area contributed by atoms with Gasteiger partial charge < -0.3 is 9.64 Å². The van der Waals surface area contributed by atoms with Crippen molar-refractivity contribution < 1.29 is 18.3 Å². The number of piperidine rings is 2. The van der Waals surface area contributed by atoms with E-state index in [9.17, 15) is 13.6 Å². The molecular formula is C24H28F2N2O2. The molecule has 1 amide bonds. The first-order valence-electron chi connectivity index (χ1n) is 10.8. The van der Waals surface area contributed by atoms with Gasteiger partial charge in [0.1, 0.15) is 11.9 Å². The van der Waals surface area contributed by atoms with Crippen LogP contribution in [0.3, 0.4) is 0 Å². The summed E-state index contributed by atoms with van der Waals surface area (Å²) in [6.45, 7) is 3.40. The topological polar surface area (TPSA) is 32.8 Å². The van der Waals surface area contributed by atoms with Gasteiger partial charge in [0.2, 0.25) is 5.91 Å². The SMILES string of the molecule is O=C(Cc1ccc(F)cc1)N1CCC(N2CCC(Oc3ccccc3F)CC2)CC1. The highest BCUT2D eigenvalue weighted by atomic mass is 19.1. The quantitative estimate of drug-likeness (QED) is 0.740. The van der Waals surface area contributed by atoms with Crippen molar-refractivity contribution in [3.63, 3.8) is 0 Å². The number of ether oxygens (including phenoxy) is 1. The van der Waals surface area contributed by atoms with E-state index in [0.29, 0.717) is 18.2 Å².